The Morgan fingerprint density at radius 2 is 2.44 bits per heavy atom. The van der Waals surface area contributed by atoms with E-state index in [2.05, 4.69) is 15.4 Å². The van der Waals surface area contributed by atoms with Crippen molar-refractivity contribution in [1.29, 1.82) is 0 Å². The summed E-state index contributed by atoms with van der Waals surface area (Å²) >= 11 is 0. The Labute approximate surface area is 95.2 Å². The molecule has 1 aromatic rings. The molecule has 0 radical (unpaired) electrons. The van der Waals surface area contributed by atoms with E-state index in [1.165, 1.54) is 0 Å². The van der Waals surface area contributed by atoms with Gasteiger partial charge >= 0.3 is 0 Å². The molecule has 1 aromatic heterocycles. The molecule has 0 spiro atoms. The molecule has 0 aliphatic rings. The van der Waals surface area contributed by atoms with E-state index in [1.807, 2.05) is 14.0 Å². The molecule has 0 fully saturated rings. The van der Waals surface area contributed by atoms with Gasteiger partial charge in [0.05, 0.1) is 6.04 Å². The molecule has 0 aliphatic heterocycles. The van der Waals surface area contributed by atoms with E-state index in [4.69, 9.17) is 5.73 Å². The predicted molar refractivity (Wildman–Crippen MR) is 60.6 cm³/mol. The molecule has 0 saturated heterocycles. The average Bonchev–Trinajstić information content (AvgIpc) is 2.64. The van der Waals surface area contributed by atoms with Crippen LogP contribution in [0.1, 0.15) is 25.6 Å². The van der Waals surface area contributed by atoms with Crippen molar-refractivity contribution in [2.75, 3.05) is 6.54 Å². The summed E-state index contributed by atoms with van der Waals surface area (Å²) in [5.74, 6) is 0.629. The molecule has 1 atom stereocenters. The summed E-state index contributed by atoms with van der Waals surface area (Å²) in [6.45, 7) is 2.53. The fourth-order valence-corrected chi connectivity index (χ4v) is 1.37. The number of hydrogen-bond acceptors (Lipinski definition) is 4. The summed E-state index contributed by atoms with van der Waals surface area (Å²) in [5.41, 5.74) is 5.66. The van der Waals surface area contributed by atoms with Crippen LogP contribution in [0.4, 0.5) is 0 Å². The third-order valence-corrected chi connectivity index (χ3v) is 2.23. The van der Waals surface area contributed by atoms with Gasteiger partial charge in [-0.05, 0) is 6.42 Å². The van der Waals surface area contributed by atoms with Gasteiger partial charge in [-0.1, -0.05) is 13.3 Å². The van der Waals surface area contributed by atoms with Crippen LogP contribution < -0.4 is 11.1 Å². The number of aromatic nitrogens is 3. The highest BCUT2D eigenvalue weighted by Gasteiger charge is 2.11. The molecule has 3 N–H and O–H groups in total. The van der Waals surface area contributed by atoms with Gasteiger partial charge in [-0.15, -0.1) is 0 Å². The van der Waals surface area contributed by atoms with E-state index in [1.54, 1.807) is 11.0 Å². The first-order chi connectivity index (χ1) is 7.63. The number of amides is 1. The van der Waals surface area contributed by atoms with Gasteiger partial charge in [-0.2, -0.15) is 5.10 Å². The quantitative estimate of drug-likeness (QED) is 0.690. The molecular weight excluding hydrogens is 206 g/mol. The van der Waals surface area contributed by atoms with Crippen LogP contribution in [0.5, 0.6) is 0 Å². The second kappa shape index (κ2) is 6.22. The lowest BCUT2D eigenvalue weighted by atomic mass is 10.2. The zero-order valence-electron chi connectivity index (χ0n) is 9.81. The van der Waals surface area contributed by atoms with Crippen molar-refractivity contribution in [3.63, 3.8) is 0 Å². The van der Waals surface area contributed by atoms with Crippen LogP contribution in [0.3, 0.4) is 0 Å². The molecular formula is C10H19N5O. The molecule has 0 unspecified atom stereocenters. The Balaban J connectivity index is 2.22. The maximum Gasteiger partial charge on any atom is 0.236 e. The van der Waals surface area contributed by atoms with Crippen LogP contribution in [0.2, 0.25) is 0 Å². The lowest BCUT2D eigenvalue weighted by molar-refractivity contribution is -0.122. The summed E-state index contributed by atoms with van der Waals surface area (Å²) in [6.07, 6.45) is 3.90. The van der Waals surface area contributed by atoms with Crippen molar-refractivity contribution < 1.29 is 4.79 Å². The fraction of sp³-hybridized carbons (Fsp3) is 0.700. The van der Waals surface area contributed by atoms with Gasteiger partial charge in [0.25, 0.3) is 0 Å². The number of nitrogens with two attached hydrogens (primary N) is 1. The summed E-state index contributed by atoms with van der Waals surface area (Å²) < 4.78 is 1.64. The van der Waals surface area contributed by atoms with E-state index in [-0.39, 0.29) is 5.91 Å². The molecule has 6 nitrogen and oxygen atoms in total. The minimum absolute atomic E-state index is 0.0993. The molecule has 16 heavy (non-hydrogen) atoms. The first-order valence-corrected chi connectivity index (χ1v) is 5.51. The maximum absolute atomic E-state index is 11.4. The summed E-state index contributed by atoms with van der Waals surface area (Å²) in [7, 11) is 1.81. The minimum Gasteiger partial charge on any atom is -0.354 e. The fourth-order valence-electron chi connectivity index (χ4n) is 1.37. The molecule has 0 bridgehead atoms. The van der Waals surface area contributed by atoms with E-state index in [0.717, 1.165) is 12.2 Å². The highest BCUT2D eigenvalue weighted by Crippen LogP contribution is 1.93. The molecule has 1 heterocycles. The highest BCUT2D eigenvalue weighted by molar-refractivity contribution is 5.81. The average molecular weight is 225 g/mol. The summed E-state index contributed by atoms with van der Waals surface area (Å²) in [4.78, 5) is 15.5. The number of nitrogens with one attached hydrogen (secondary N) is 1. The van der Waals surface area contributed by atoms with E-state index < -0.39 is 6.04 Å². The molecule has 90 valence electrons. The first-order valence-electron chi connectivity index (χ1n) is 5.51. The molecule has 0 aromatic carbocycles. The van der Waals surface area contributed by atoms with Gasteiger partial charge in [0, 0.05) is 20.0 Å². The Bertz CT molecular complexity index is 336. The monoisotopic (exact) mass is 225 g/mol. The number of carbonyl (C=O) groups is 1. The highest BCUT2D eigenvalue weighted by atomic mass is 16.2. The van der Waals surface area contributed by atoms with Gasteiger partial charge in [0.15, 0.2) is 5.82 Å². The van der Waals surface area contributed by atoms with Crippen LogP contribution in [0.25, 0.3) is 0 Å². The summed E-state index contributed by atoms with van der Waals surface area (Å²) in [6, 6.07) is -0.401. The first kappa shape index (κ1) is 12.6. The molecule has 1 amide bonds. The largest absolute Gasteiger partial charge is 0.354 e. The van der Waals surface area contributed by atoms with Gasteiger partial charge in [0.2, 0.25) is 5.91 Å². The second-order valence-corrected chi connectivity index (χ2v) is 3.77. The third kappa shape index (κ3) is 3.98. The SMILES string of the molecule is CCC[C@@H](N)C(=O)NCCc1ncn(C)n1. The second-order valence-electron chi connectivity index (χ2n) is 3.77. The third-order valence-electron chi connectivity index (χ3n) is 2.23. The normalized spacial score (nSPS) is 12.4. The number of rotatable bonds is 6. The molecule has 0 aliphatic carbocycles. The van der Waals surface area contributed by atoms with Crippen LogP contribution in [0.15, 0.2) is 6.33 Å². The Morgan fingerprint density at radius 1 is 1.69 bits per heavy atom. The lowest BCUT2D eigenvalue weighted by Crippen LogP contribution is -2.41. The minimum atomic E-state index is -0.401. The zero-order valence-corrected chi connectivity index (χ0v) is 9.81. The smallest absolute Gasteiger partial charge is 0.236 e. The maximum atomic E-state index is 11.4. The van der Waals surface area contributed by atoms with E-state index in [9.17, 15) is 4.79 Å². The topological polar surface area (TPSA) is 85.8 Å². The molecule has 0 saturated carbocycles. The van der Waals surface area contributed by atoms with Crippen molar-refractivity contribution in [3.8, 4) is 0 Å². The number of carbonyl (C=O) groups excluding carboxylic acids is 1. The van der Waals surface area contributed by atoms with Gasteiger partial charge in [0.1, 0.15) is 6.33 Å². The van der Waals surface area contributed by atoms with Crippen molar-refractivity contribution in [2.24, 2.45) is 12.8 Å². The predicted octanol–water partition coefficient (Wildman–Crippen LogP) is -0.399. The van der Waals surface area contributed by atoms with Crippen LogP contribution in [-0.2, 0) is 18.3 Å². The summed E-state index contributed by atoms with van der Waals surface area (Å²) in [5, 5.41) is 6.88. The van der Waals surface area contributed by atoms with Crippen molar-refractivity contribution in [2.45, 2.75) is 32.2 Å². The van der Waals surface area contributed by atoms with Crippen LogP contribution >= 0.6 is 0 Å². The Hall–Kier alpha value is -1.43. The zero-order chi connectivity index (χ0) is 12.0. The standard InChI is InChI=1S/C10H19N5O/c1-3-4-8(11)10(16)12-6-5-9-13-7-15(2)14-9/h7-8H,3-6,11H2,1-2H3,(H,12,16)/t8-/m1/s1. The van der Waals surface area contributed by atoms with Crippen molar-refractivity contribution in [3.05, 3.63) is 12.2 Å². The van der Waals surface area contributed by atoms with Gasteiger partial charge in [-0.3, -0.25) is 9.48 Å². The number of hydrogen-bond donors (Lipinski definition) is 2. The molecule has 1 rings (SSSR count). The van der Waals surface area contributed by atoms with Gasteiger partial charge < -0.3 is 11.1 Å². The molecule has 6 heteroatoms. The van der Waals surface area contributed by atoms with Crippen LogP contribution in [0, 0.1) is 0 Å². The van der Waals surface area contributed by atoms with Crippen LogP contribution in [-0.4, -0.2) is 33.3 Å². The van der Waals surface area contributed by atoms with E-state index >= 15 is 0 Å². The lowest BCUT2D eigenvalue weighted by Gasteiger charge is -2.10. The number of nitrogens with zero attached hydrogens (tertiary/aromatic N) is 3. The Morgan fingerprint density at radius 3 is 3.00 bits per heavy atom. The van der Waals surface area contributed by atoms with Crippen molar-refractivity contribution >= 4 is 5.91 Å². The van der Waals surface area contributed by atoms with Crippen molar-refractivity contribution in [1.82, 2.24) is 20.1 Å². The van der Waals surface area contributed by atoms with E-state index in [0.29, 0.717) is 19.4 Å². The van der Waals surface area contributed by atoms with Gasteiger partial charge in [-0.25, -0.2) is 4.98 Å². The Kier molecular flexibility index (Phi) is 4.91. The number of aryl methyl sites for hydroxylation is 1.